The topological polar surface area (TPSA) is 21.3 Å². The molecule has 0 bridgehead atoms. The van der Waals surface area contributed by atoms with Crippen LogP contribution in [-0.4, -0.2) is 14.2 Å². The van der Waals surface area contributed by atoms with Gasteiger partial charge in [0, 0.05) is 12.1 Å². The van der Waals surface area contributed by atoms with Crippen molar-refractivity contribution in [3.05, 3.63) is 28.0 Å². The van der Waals surface area contributed by atoms with Crippen LogP contribution in [0.2, 0.25) is 5.02 Å². The second-order valence-corrected chi connectivity index (χ2v) is 3.44. The van der Waals surface area contributed by atoms with E-state index in [9.17, 15) is 4.39 Å². The molecule has 0 radical (unpaired) electrons. The lowest BCUT2D eigenvalue weighted by Gasteiger charge is -2.13. The average Bonchev–Trinajstić information content (AvgIpc) is 2.14. The van der Waals surface area contributed by atoms with Gasteiger partial charge in [0.05, 0.1) is 12.1 Å². The van der Waals surface area contributed by atoms with Gasteiger partial charge < -0.3 is 10.1 Å². The summed E-state index contributed by atoms with van der Waals surface area (Å²) in [4.78, 5) is 0. The molecule has 4 heteroatoms. The van der Waals surface area contributed by atoms with E-state index in [-0.39, 0.29) is 5.02 Å². The van der Waals surface area contributed by atoms with Gasteiger partial charge in [-0.1, -0.05) is 11.6 Å². The fourth-order valence-corrected chi connectivity index (χ4v) is 1.70. The highest BCUT2D eigenvalue weighted by molar-refractivity contribution is 6.30. The van der Waals surface area contributed by atoms with Crippen molar-refractivity contribution in [2.45, 2.75) is 13.5 Å². The van der Waals surface area contributed by atoms with Gasteiger partial charge in [0.2, 0.25) is 0 Å². The van der Waals surface area contributed by atoms with Crippen molar-refractivity contribution in [2.75, 3.05) is 14.2 Å². The molecule has 0 aromatic heterocycles. The molecule has 0 heterocycles. The van der Waals surface area contributed by atoms with Crippen LogP contribution in [0, 0.1) is 12.7 Å². The lowest BCUT2D eigenvalue weighted by atomic mass is 10.1. The first-order valence-electron chi connectivity index (χ1n) is 4.27. The van der Waals surface area contributed by atoms with Gasteiger partial charge in [-0.05, 0) is 25.6 Å². The van der Waals surface area contributed by atoms with Crippen LogP contribution in [0.1, 0.15) is 11.1 Å². The third kappa shape index (κ3) is 1.99. The minimum atomic E-state index is -0.413. The van der Waals surface area contributed by atoms with Crippen molar-refractivity contribution in [3.63, 3.8) is 0 Å². The smallest absolute Gasteiger partial charge is 0.149 e. The SMILES string of the molecule is CNCc1c(F)c(Cl)cc(C)c1OC. The largest absolute Gasteiger partial charge is 0.496 e. The summed E-state index contributed by atoms with van der Waals surface area (Å²) in [5.74, 6) is 0.143. The Morgan fingerprint density at radius 2 is 2.21 bits per heavy atom. The molecule has 0 unspecified atom stereocenters. The third-order valence-corrected chi connectivity index (χ3v) is 2.28. The maximum Gasteiger partial charge on any atom is 0.149 e. The van der Waals surface area contributed by atoms with E-state index >= 15 is 0 Å². The molecular formula is C10H13ClFNO. The van der Waals surface area contributed by atoms with Crippen molar-refractivity contribution >= 4 is 11.6 Å². The number of hydrogen-bond acceptors (Lipinski definition) is 2. The van der Waals surface area contributed by atoms with E-state index in [1.807, 2.05) is 6.92 Å². The van der Waals surface area contributed by atoms with Crippen LogP contribution in [0.3, 0.4) is 0 Å². The summed E-state index contributed by atoms with van der Waals surface area (Å²) in [6.45, 7) is 2.24. The van der Waals surface area contributed by atoms with Gasteiger partial charge in [0.15, 0.2) is 0 Å². The Hall–Kier alpha value is -0.800. The molecule has 1 N–H and O–H groups in total. The summed E-state index contributed by atoms with van der Waals surface area (Å²) >= 11 is 5.73. The number of hydrogen-bond donors (Lipinski definition) is 1. The Morgan fingerprint density at radius 3 is 2.71 bits per heavy atom. The summed E-state index contributed by atoms with van der Waals surface area (Å²) in [6, 6.07) is 1.56. The van der Waals surface area contributed by atoms with Crippen LogP contribution in [-0.2, 0) is 6.54 Å². The summed E-state index contributed by atoms with van der Waals surface area (Å²) in [5.41, 5.74) is 1.31. The van der Waals surface area contributed by atoms with Gasteiger partial charge in [-0.15, -0.1) is 0 Å². The van der Waals surface area contributed by atoms with Crippen molar-refractivity contribution in [2.24, 2.45) is 0 Å². The zero-order valence-corrected chi connectivity index (χ0v) is 9.20. The molecule has 0 aliphatic rings. The van der Waals surface area contributed by atoms with E-state index < -0.39 is 5.82 Å². The molecule has 1 aromatic rings. The number of halogens is 2. The molecule has 78 valence electrons. The van der Waals surface area contributed by atoms with Crippen molar-refractivity contribution < 1.29 is 9.13 Å². The van der Waals surface area contributed by atoms with E-state index in [2.05, 4.69) is 5.32 Å². The molecule has 0 saturated carbocycles. The fourth-order valence-electron chi connectivity index (χ4n) is 1.42. The maximum atomic E-state index is 13.6. The lowest BCUT2D eigenvalue weighted by molar-refractivity contribution is 0.400. The van der Waals surface area contributed by atoms with E-state index in [1.54, 1.807) is 13.1 Å². The predicted molar refractivity (Wildman–Crippen MR) is 55.5 cm³/mol. The second-order valence-electron chi connectivity index (χ2n) is 3.03. The van der Waals surface area contributed by atoms with E-state index in [0.29, 0.717) is 17.9 Å². The first-order chi connectivity index (χ1) is 6.61. The lowest BCUT2D eigenvalue weighted by Crippen LogP contribution is -2.10. The quantitative estimate of drug-likeness (QED) is 0.840. The van der Waals surface area contributed by atoms with Gasteiger partial charge in [-0.25, -0.2) is 4.39 Å². The minimum Gasteiger partial charge on any atom is -0.496 e. The molecule has 0 amide bonds. The maximum absolute atomic E-state index is 13.6. The second kappa shape index (κ2) is 4.62. The highest BCUT2D eigenvalue weighted by Crippen LogP contribution is 2.30. The third-order valence-electron chi connectivity index (χ3n) is 2.01. The van der Waals surface area contributed by atoms with Gasteiger partial charge in [0.25, 0.3) is 0 Å². The summed E-state index contributed by atoms with van der Waals surface area (Å²) in [7, 11) is 3.27. The molecule has 0 fully saturated rings. The zero-order valence-electron chi connectivity index (χ0n) is 8.45. The normalized spacial score (nSPS) is 10.4. The van der Waals surface area contributed by atoms with Crippen molar-refractivity contribution in [1.82, 2.24) is 5.32 Å². The van der Waals surface area contributed by atoms with Crippen LogP contribution < -0.4 is 10.1 Å². The molecule has 2 nitrogen and oxygen atoms in total. The van der Waals surface area contributed by atoms with Gasteiger partial charge in [-0.2, -0.15) is 0 Å². The summed E-state index contributed by atoms with van der Waals surface area (Å²) in [6.07, 6.45) is 0. The molecule has 0 aliphatic carbocycles. The Bertz CT molecular complexity index is 341. The molecule has 1 rings (SSSR count). The highest BCUT2D eigenvalue weighted by atomic mass is 35.5. The zero-order chi connectivity index (χ0) is 10.7. The molecule has 0 saturated heterocycles. The van der Waals surface area contributed by atoms with Crippen molar-refractivity contribution in [1.29, 1.82) is 0 Å². The number of benzene rings is 1. The van der Waals surface area contributed by atoms with Crippen LogP contribution in [0.4, 0.5) is 4.39 Å². The molecular weight excluding hydrogens is 205 g/mol. The van der Waals surface area contributed by atoms with Gasteiger partial charge in [-0.3, -0.25) is 0 Å². The molecule has 0 atom stereocenters. The Kier molecular flexibility index (Phi) is 3.72. The molecule has 0 aliphatic heterocycles. The summed E-state index contributed by atoms with van der Waals surface area (Å²) < 4.78 is 18.7. The minimum absolute atomic E-state index is 0.133. The van der Waals surface area contributed by atoms with Gasteiger partial charge >= 0.3 is 0 Å². The number of aryl methyl sites for hydroxylation is 1. The van der Waals surface area contributed by atoms with E-state index in [0.717, 1.165) is 5.56 Å². The summed E-state index contributed by atoms with van der Waals surface area (Å²) in [5, 5.41) is 3.01. The van der Waals surface area contributed by atoms with Gasteiger partial charge in [0.1, 0.15) is 11.6 Å². The van der Waals surface area contributed by atoms with E-state index in [1.165, 1.54) is 7.11 Å². The number of ether oxygens (including phenoxy) is 1. The number of nitrogens with one attached hydrogen (secondary N) is 1. The number of rotatable bonds is 3. The van der Waals surface area contributed by atoms with Crippen molar-refractivity contribution in [3.8, 4) is 5.75 Å². The fraction of sp³-hybridized carbons (Fsp3) is 0.400. The van der Waals surface area contributed by atoms with Crippen LogP contribution >= 0.6 is 11.6 Å². The predicted octanol–water partition coefficient (Wildman–Crippen LogP) is 2.52. The monoisotopic (exact) mass is 217 g/mol. The first kappa shape index (κ1) is 11.3. The Balaban J connectivity index is 3.32. The van der Waals surface area contributed by atoms with Crippen LogP contribution in [0.5, 0.6) is 5.75 Å². The standard InChI is InChI=1S/C10H13ClFNO/c1-6-4-8(11)9(12)7(5-13-2)10(6)14-3/h4,13H,5H2,1-3H3. The Labute approximate surface area is 88.0 Å². The highest BCUT2D eigenvalue weighted by Gasteiger charge is 2.15. The van der Waals surface area contributed by atoms with Crippen LogP contribution in [0.15, 0.2) is 6.07 Å². The molecule has 14 heavy (non-hydrogen) atoms. The molecule has 0 spiro atoms. The van der Waals surface area contributed by atoms with E-state index in [4.69, 9.17) is 16.3 Å². The molecule has 1 aromatic carbocycles. The number of methoxy groups -OCH3 is 1. The van der Waals surface area contributed by atoms with Crippen LogP contribution in [0.25, 0.3) is 0 Å². The Morgan fingerprint density at radius 1 is 1.57 bits per heavy atom. The first-order valence-corrected chi connectivity index (χ1v) is 4.65. The average molecular weight is 218 g/mol.